The van der Waals surface area contributed by atoms with Crippen molar-refractivity contribution in [1.82, 2.24) is 0 Å². The van der Waals surface area contributed by atoms with E-state index >= 15 is 0 Å². The molecule has 0 N–H and O–H groups in total. The number of sulfonamides is 1. The Kier molecular flexibility index (Phi) is 5.04. The van der Waals surface area contributed by atoms with Crippen molar-refractivity contribution in [2.75, 3.05) is 4.31 Å². The predicted molar refractivity (Wildman–Crippen MR) is 97.3 cm³/mol. The van der Waals surface area contributed by atoms with Crippen molar-refractivity contribution in [1.29, 1.82) is 0 Å². The van der Waals surface area contributed by atoms with E-state index in [0.717, 1.165) is 21.5 Å². The van der Waals surface area contributed by atoms with Crippen LogP contribution in [0.25, 0.3) is 0 Å². The summed E-state index contributed by atoms with van der Waals surface area (Å²) < 4.78 is 54.3. The highest BCUT2D eigenvalue weighted by molar-refractivity contribution is 7.92. The van der Waals surface area contributed by atoms with E-state index in [9.17, 15) is 17.2 Å². The molecule has 0 heterocycles. The van der Waals surface area contributed by atoms with Gasteiger partial charge in [-0.25, -0.2) is 17.2 Å². The van der Waals surface area contributed by atoms with Gasteiger partial charge in [-0.3, -0.25) is 4.31 Å². The predicted octanol–water partition coefficient (Wildman–Crippen LogP) is 4.67. The molecule has 0 atom stereocenters. The standard InChI is InChI=1S/C20H17F2NO2S/c1-15-5-2-3-6-16(15)14-23(19-11-9-17(21)10-12-19)26(24,25)20-8-4-7-18(22)13-20/h2-13H,14H2,1H3. The van der Waals surface area contributed by atoms with Crippen LogP contribution >= 0.6 is 0 Å². The van der Waals surface area contributed by atoms with Gasteiger partial charge in [0.25, 0.3) is 10.0 Å². The van der Waals surface area contributed by atoms with Crippen LogP contribution in [0.1, 0.15) is 11.1 Å². The number of rotatable bonds is 5. The first-order valence-electron chi connectivity index (χ1n) is 7.96. The summed E-state index contributed by atoms with van der Waals surface area (Å²) >= 11 is 0. The maximum atomic E-state index is 13.6. The Hall–Kier alpha value is -2.73. The Bertz CT molecular complexity index is 1020. The molecule has 0 spiro atoms. The third kappa shape index (κ3) is 3.75. The zero-order valence-corrected chi connectivity index (χ0v) is 14.9. The molecule has 0 amide bonds. The summed E-state index contributed by atoms with van der Waals surface area (Å²) in [5.74, 6) is -1.10. The Morgan fingerprint density at radius 3 is 2.19 bits per heavy atom. The van der Waals surface area contributed by atoms with E-state index < -0.39 is 21.7 Å². The molecule has 3 aromatic rings. The lowest BCUT2D eigenvalue weighted by Crippen LogP contribution is -2.31. The highest BCUT2D eigenvalue weighted by Crippen LogP contribution is 2.27. The molecule has 0 saturated heterocycles. The number of aryl methyl sites for hydroxylation is 1. The van der Waals surface area contributed by atoms with Crippen LogP contribution in [0.2, 0.25) is 0 Å². The van der Waals surface area contributed by atoms with E-state index in [1.54, 1.807) is 0 Å². The average molecular weight is 373 g/mol. The van der Waals surface area contributed by atoms with Crippen LogP contribution in [0, 0.1) is 18.6 Å². The first-order chi connectivity index (χ1) is 12.4. The molecule has 26 heavy (non-hydrogen) atoms. The van der Waals surface area contributed by atoms with Crippen LogP contribution in [0.15, 0.2) is 77.7 Å². The Labute approximate surface area is 151 Å². The van der Waals surface area contributed by atoms with Gasteiger partial charge >= 0.3 is 0 Å². The lowest BCUT2D eigenvalue weighted by molar-refractivity contribution is 0.585. The molecule has 6 heteroatoms. The van der Waals surface area contributed by atoms with Crippen LogP contribution in [-0.2, 0) is 16.6 Å². The van der Waals surface area contributed by atoms with Gasteiger partial charge in [-0.05, 0) is 60.5 Å². The van der Waals surface area contributed by atoms with Crippen molar-refractivity contribution in [2.45, 2.75) is 18.4 Å². The number of benzene rings is 3. The second-order valence-corrected chi connectivity index (χ2v) is 7.73. The zero-order valence-electron chi connectivity index (χ0n) is 14.1. The Morgan fingerprint density at radius 1 is 0.846 bits per heavy atom. The molecule has 0 saturated carbocycles. The molecule has 3 rings (SSSR count). The SMILES string of the molecule is Cc1ccccc1CN(c1ccc(F)cc1)S(=O)(=O)c1cccc(F)c1. The first-order valence-corrected chi connectivity index (χ1v) is 9.40. The van der Waals surface area contributed by atoms with Crippen LogP contribution in [-0.4, -0.2) is 8.42 Å². The van der Waals surface area contributed by atoms with Crippen LogP contribution < -0.4 is 4.31 Å². The van der Waals surface area contributed by atoms with Gasteiger partial charge < -0.3 is 0 Å². The molecular formula is C20H17F2NO2S. The molecule has 0 unspecified atom stereocenters. The summed E-state index contributed by atoms with van der Waals surface area (Å²) in [5, 5.41) is 0. The molecule has 0 aliphatic rings. The summed E-state index contributed by atoms with van der Waals surface area (Å²) in [6.07, 6.45) is 0. The third-order valence-corrected chi connectivity index (χ3v) is 5.84. The molecule has 134 valence electrons. The fourth-order valence-electron chi connectivity index (χ4n) is 2.62. The molecule has 0 radical (unpaired) electrons. The van der Waals surface area contributed by atoms with Gasteiger partial charge in [0.15, 0.2) is 0 Å². The van der Waals surface area contributed by atoms with Crippen LogP contribution in [0.3, 0.4) is 0 Å². The molecule has 0 aromatic heterocycles. The van der Waals surface area contributed by atoms with E-state index in [2.05, 4.69) is 0 Å². The minimum absolute atomic E-state index is 0.0527. The lowest BCUT2D eigenvalue weighted by Gasteiger charge is -2.25. The van der Waals surface area contributed by atoms with E-state index in [4.69, 9.17) is 0 Å². The zero-order chi connectivity index (χ0) is 18.7. The number of hydrogen-bond donors (Lipinski definition) is 0. The minimum atomic E-state index is -4.03. The normalized spacial score (nSPS) is 11.3. The van der Waals surface area contributed by atoms with Gasteiger partial charge in [0.05, 0.1) is 17.1 Å². The number of nitrogens with zero attached hydrogens (tertiary/aromatic N) is 1. The van der Waals surface area contributed by atoms with E-state index in [-0.39, 0.29) is 11.4 Å². The van der Waals surface area contributed by atoms with Gasteiger partial charge in [-0.1, -0.05) is 30.3 Å². The molecule has 0 aliphatic carbocycles. The van der Waals surface area contributed by atoms with Gasteiger partial charge in [0.2, 0.25) is 0 Å². The van der Waals surface area contributed by atoms with Crippen molar-refractivity contribution in [2.24, 2.45) is 0 Å². The second kappa shape index (κ2) is 7.25. The second-order valence-electron chi connectivity index (χ2n) is 5.87. The van der Waals surface area contributed by atoms with Crippen molar-refractivity contribution in [3.8, 4) is 0 Å². The highest BCUT2D eigenvalue weighted by atomic mass is 32.2. The molecule has 0 aliphatic heterocycles. The van der Waals surface area contributed by atoms with Crippen molar-refractivity contribution >= 4 is 15.7 Å². The quantitative estimate of drug-likeness (QED) is 0.652. The molecule has 3 aromatic carbocycles. The topological polar surface area (TPSA) is 37.4 Å². The fourth-order valence-corrected chi connectivity index (χ4v) is 4.09. The van der Waals surface area contributed by atoms with E-state index in [0.29, 0.717) is 5.69 Å². The number of anilines is 1. The molecule has 3 nitrogen and oxygen atoms in total. The van der Waals surface area contributed by atoms with Crippen molar-refractivity contribution in [3.05, 3.63) is 95.6 Å². The van der Waals surface area contributed by atoms with Gasteiger partial charge in [-0.2, -0.15) is 0 Å². The summed E-state index contributed by atoms with van der Waals surface area (Å²) in [4.78, 5) is -0.157. The molecule has 0 bridgehead atoms. The van der Waals surface area contributed by atoms with E-state index in [1.807, 2.05) is 31.2 Å². The summed E-state index contributed by atoms with van der Waals surface area (Å²) in [6, 6.07) is 17.4. The Morgan fingerprint density at radius 2 is 1.54 bits per heavy atom. The maximum Gasteiger partial charge on any atom is 0.264 e. The molecular weight excluding hydrogens is 356 g/mol. The minimum Gasteiger partial charge on any atom is -0.262 e. The Balaban J connectivity index is 2.11. The summed E-state index contributed by atoms with van der Waals surface area (Å²) in [5.41, 5.74) is 2.03. The third-order valence-electron chi connectivity index (χ3n) is 4.07. The largest absolute Gasteiger partial charge is 0.264 e. The van der Waals surface area contributed by atoms with Gasteiger partial charge in [-0.15, -0.1) is 0 Å². The monoisotopic (exact) mass is 373 g/mol. The summed E-state index contributed by atoms with van der Waals surface area (Å²) in [6.45, 7) is 1.93. The smallest absolute Gasteiger partial charge is 0.262 e. The van der Waals surface area contributed by atoms with E-state index in [1.165, 1.54) is 42.5 Å². The molecule has 0 fully saturated rings. The summed E-state index contributed by atoms with van der Waals surface area (Å²) in [7, 11) is -4.03. The number of halogens is 2. The average Bonchev–Trinajstić information content (AvgIpc) is 2.62. The van der Waals surface area contributed by atoms with Crippen LogP contribution in [0.4, 0.5) is 14.5 Å². The van der Waals surface area contributed by atoms with Crippen molar-refractivity contribution in [3.63, 3.8) is 0 Å². The highest BCUT2D eigenvalue weighted by Gasteiger charge is 2.26. The van der Waals surface area contributed by atoms with Gasteiger partial charge in [0.1, 0.15) is 11.6 Å². The number of hydrogen-bond acceptors (Lipinski definition) is 2. The van der Waals surface area contributed by atoms with Gasteiger partial charge in [0, 0.05) is 0 Å². The van der Waals surface area contributed by atoms with Crippen molar-refractivity contribution < 1.29 is 17.2 Å². The first kappa shape index (κ1) is 18.1. The maximum absolute atomic E-state index is 13.6. The fraction of sp³-hybridized carbons (Fsp3) is 0.100. The lowest BCUT2D eigenvalue weighted by atomic mass is 10.1. The van der Waals surface area contributed by atoms with Crippen LogP contribution in [0.5, 0.6) is 0 Å².